The molecule has 4 aromatic carbocycles. The first kappa shape index (κ1) is 13.3. The minimum atomic E-state index is 1.000. The fraction of sp³-hybridized carbons (Fsp3) is 0. The number of hydrogen-bond donors (Lipinski definition) is 0. The molecule has 0 amide bonds. The van der Waals surface area contributed by atoms with Crippen LogP contribution in [0.15, 0.2) is 72.8 Å². The van der Waals surface area contributed by atoms with Crippen molar-refractivity contribution in [3.63, 3.8) is 0 Å². The van der Waals surface area contributed by atoms with E-state index in [0.717, 1.165) is 21.6 Å². The Bertz CT molecular complexity index is 1510. The van der Waals surface area contributed by atoms with Crippen molar-refractivity contribution < 1.29 is 0 Å². The van der Waals surface area contributed by atoms with Crippen molar-refractivity contribution in [1.82, 2.24) is 9.38 Å². The molecule has 25 heavy (non-hydrogen) atoms. The highest BCUT2D eigenvalue weighted by Gasteiger charge is 2.13. The largest absolute Gasteiger partial charge is 0.296 e. The van der Waals surface area contributed by atoms with Crippen LogP contribution < -0.4 is 0 Å². The number of rotatable bonds is 0. The maximum absolute atomic E-state index is 4.99. The highest BCUT2D eigenvalue weighted by atomic mass is 28.1. The Kier molecular flexibility index (Phi) is 2.40. The summed E-state index contributed by atoms with van der Waals surface area (Å²) < 4.78 is 2.23. The van der Waals surface area contributed by atoms with Crippen LogP contribution in [0.2, 0.25) is 0 Å². The van der Waals surface area contributed by atoms with E-state index in [0.29, 0.717) is 0 Å². The van der Waals surface area contributed by atoms with Gasteiger partial charge in [0.1, 0.15) is 5.65 Å². The molecule has 0 aliphatic rings. The lowest BCUT2D eigenvalue weighted by atomic mass is 10.0. The van der Waals surface area contributed by atoms with Gasteiger partial charge in [-0.25, -0.2) is 4.98 Å². The van der Waals surface area contributed by atoms with Crippen molar-refractivity contribution in [2.75, 3.05) is 0 Å². The van der Waals surface area contributed by atoms with Gasteiger partial charge in [0.2, 0.25) is 0 Å². The van der Waals surface area contributed by atoms with Crippen molar-refractivity contribution in [1.29, 1.82) is 0 Å². The maximum atomic E-state index is 4.99. The summed E-state index contributed by atoms with van der Waals surface area (Å²) in [6.07, 6.45) is 0. The van der Waals surface area contributed by atoms with Gasteiger partial charge < -0.3 is 0 Å². The molecule has 2 aromatic heterocycles. The predicted octanol–water partition coefficient (Wildman–Crippen LogP) is 5.09. The second-order valence-corrected chi connectivity index (χ2v) is 6.99. The molecule has 3 heteroatoms. The van der Waals surface area contributed by atoms with Crippen LogP contribution in [0.25, 0.3) is 49.0 Å². The first-order chi connectivity index (χ1) is 12.3. The third-order valence-corrected chi connectivity index (χ3v) is 5.64. The van der Waals surface area contributed by atoms with E-state index in [-0.39, 0.29) is 0 Å². The van der Waals surface area contributed by atoms with Crippen LogP contribution in [0, 0.1) is 4.94 Å². The Labute approximate surface area is 146 Å². The Morgan fingerprint density at radius 2 is 1.40 bits per heavy atom. The van der Waals surface area contributed by atoms with E-state index in [4.69, 9.17) is 4.98 Å². The highest BCUT2D eigenvalue weighted by molar-refractivity contribution is 6.19. The molecule has 0 atom stereocenters. The highest BCUT2D eigenvalue weighted by Crippen LogP contribution is 2.33. The van der Waals surface area contributed by atoms with Gasteiger partial charge in [0.25, 0.3) is 0 Å². The molecule has 0 saturated heterocycles. The monoisotopic (exact) mass is 332 g/mol. The lowest BCUT2D eigenvalue weighted by Gasteiger charge is -2.09. The first-order valence-electron chi connectivity index (χ1n) is 8.34. The number of imidazole rings is 1. The summed E-state index contributed by atoms with van der Waals surface area (Å²) in [5.74, 6) is 0. The second kappa shape index (κ2) is 4.52. The SMILES string of the molecule is [Si]=c1c2cccc3cccc(c32)c2nc3cc4ccccc4cc3n12. The van der Waals surface area contributed by atoms with Crippen LogP contribution in [-0.4, -0.2) is 19.2 Å². The van der Waals surface area contributed by atoms with Crippen molar-refractivity contribution in [2.45, 2.75) is 0 Å². The molecular formula is C22H12N2Si. The summed E-state index contributed by atoms with van der Waals surface area (Å²) in [6.45, 7) is 0. The molecule has 2 nitrogen and oxygen atoms in total. The van der Waals surface area contributed by atoms with Crippen molar-refractivity contribution in [2.24, 2.45) is 0 Å². The minimum Gasteiger partial charge on any atom is -0.296 e. The fourth-order valence-electron chi connectivity index (χ4n) is 4.02. The van der Waals surface area contributed by atoms with E-state index in [2.05, 4.69) is 87.1 Å². The average Bonchev–Trinajstić information content (AvgIpc) is 3.02. The van der Waals surface area contributed by atoms with Crippen LogP contribution in [0.5, 0.6) is 0 Å². The van der Waals surface area contributed by atoms with Crippen LogP contribution in [0.4, 0.5) is 0 Å². The Balaban J connectivity index is 1.99. The molecule has 0 spiro atoms. The molecule has 2 radical (unpaired) electrons. The minimum absolute atomic E-state index is 1.000. The third kappa shape index (κ3) is 1.63. The van der Waals surface area contributed by atoms with Gasteiger partial charge in [-0.2, -0.15) is 0 Å². The lowest BCUT2D eigenvalue weighted by Crippen LogP contribution is -1.93. The summed E-state index contributed by atoms with van der Waals surface area (Å²) in [5, 5.41) is 7.36. The molecule has 0 unspecified atom stereocenters. The van der Waals surface area contributed by atoms with Gasteiger partial charge >= 0.3 is 0 Å². The molecule has 0 saturated carbocycles. The number of aromatic nitrogens is 2. The van der Waals surface area contributed by atoms with Crippen molar-refractivity contribution in [3.05, 3.63) is 77.7 Å². The van der Waals surface area contributed by atoms with Crippen molar-refractivity contribution >= 4 is 58.9 Å². The van der Waals surface area contributed by atoms with Gasteiger partial charge in [0, 0.05) is 21.1 Å². The molecule has 0 aliphatic carbocycles. The summed E-state index contributed by atoms with van der Waals surface area (Å²) >= 11 is 0. The van der Waals surface area contributed by atoms with E-state index in [1.807, 2.05) is 0 Å². The van der Waals surface area contributed by atoms with Crippen LogP contribution in [0.3, 0.4) is 0 Å². The zero-order valence-corrected chi connectivity index (χ0v) is 14.3. The molecule has 0 bridgehead atoms. The number of fused-ring (bicyclic) bond motifs is 5. The van der Waals surface area contributed by atoms with Crippen molar-refractivity contribution in [3.8, 4) is 0 Å². The third-order valence-electron chi connectivity index (χ3n) is 5.15. The Morgan fingerprint density at radius 3 is 2.20 bits per heavy atom. The van der Waals surface area contributed by atoms with E-state index in [9.17, 15) is 0 Å². The van der Waals surface area contributed by atoms with E-state index in [1.165, 1.54) is 32.3 Å². The summed E-state index contributed by atoms with van der Waals surface area (Å²) in [5.41, 5.74) is 3.15. The predicted molar refractivity (Wildman–Crippen MR) is 105 cm³/mol. The molecule has 0 N–H and O–H groups in total. The van der Waals surface area contributed by atoms with E-state index < -0.39 is 0 Å². The topological polar surface area (TPSA) is 17.3 Å². The van der Waals surface area contributed by atoms with Crippen LogP contribution in [-0.2, 0) is 0 Å². The number of nitrogens with zero attached hydrogens (tertiary/aromatic N) is 2. The number of benzene rings is 4. The lowest BCUT2D eigenvalue weighted by molar-refractivity contribution is 1.23. The fourth-order valence-corrected chi connectivity index (χ4v) is 4.45. The molecule has 2 heterocycles. The van der Waals surface area contributed by atoms with Crippen LogP contribution >= 0.6 is 0 Å². The molecule has 6 rings (SSSR count). The molecule has 0 fully saturated rings. The number of hydrogen-bond acceptors (Lipinski definition) is 1. The van der Waals surface area contributed by atoms with E-state index >= 15 is 0 Å². The van der Waals surface area contributed by atoms with Gasteiger partial charge in [-0.1, -0.05) is 60.7 Å². The zero-order valence-electron chi connectivity index (χ0n) is 13.3. The summed E-state index contributed by atoms with van der Waals surface area (Å²) in [6, 6.07) is 25.7. The standard InChI is InChI=1S/C22H12N2Si/c25-22-17-10-4-8-13-7-3-9-16(20(13)17)21-23-18-11-14-5-1-2-6-15(14)12-19(18)24(21)22/h1-12H. The van der Waals surface area contributed by atoms with Gasteiger partial charge in [-0.15, -0.1) is 0 Å². The quantitative estimate of drug-likeness (QED) is 0.354. The van der Waals surface area contributed by atoms with Gasteiger partial charge in [0.15, 0.2) is 0 Å². The average molecular weight is 332 g/mol. The smallest absolute Gasteiger partial charge is 0.146 e. The van der Waals surface area contributed by atoms with E-state index in [1.54, 1.807) is 0 Å². The Morgan fingerprint density at radius 1 is 0.720 bits per heavy atom. The Hall–Kier alpha value is -3.04. The molecular weight excluding hydrogens is 320 g/mol. The van der Waals surface area contributed by atoms with Gasteiger partial charge in [-0.3, -0.25) is 4.40 Å². The van der Waals surface area contributed by atoms with Crippen LogP contribution in [0.1, 0.15) is 0 Å². The second-order valence-electron chi connectivity index (χ2n) is 6.52. The maximum Gasteiger partial charge on any atom is 0.146 e. The molecule has 6 aromatic rings. The van der Waals surface area contributed by atoms with Gasteiger partial charge in [-0.05, 0) is 28.3 Å². The number of pyridine rings is 1. The van der Waals surface area contributed by atoms with Gasteiger partial charge in [0.05, 0.1) is 20.9 Å². The first-order valence-corrected chi connectivity index (χ1v) is 8.84. The molecule has 0 aliphatic heterocycles. The summed E-state index contributed by atoms with van der Waals surface area (Å²) in [7, 11) is 3.91. The normalized spacial score (nSPS) is 12.2. The summed E-state index contributed by atoms with van der Waals surface area (Å²) in [4.78, 5) is 6.04. The zero-order chi connectivity index (χ0) is 16.5. The molecule has 114 valence electrons.